The summed E-state index contributed by atoms with van der Waals surface area (Å²) in [5.41, 5.74) is 0.692. The standard InChI is InChI=1S/C17H14ClFN2O3S2/c1-17(2,26(23,24)14-8-7-10(18)9-11(14)19)15(22)21-16-20-12-5-3-4-6-13(12)25-16/h3-9H,1-2H3,(H,20,21,22). The molecular weight excluding hydrogens is 399 g/mol. The first-order chi connectivity index (χ1) is 12.1. The highest BCUT2D eigenvalue weighted by Crippen LogP contribution is 2.31. The van der Waals surface area contributed by atoms with Gasteiger partial charge in [-0.3, -0.25) is 4.79 Å². The summed E-state index contributed by atoms with van der Waals surface area (Å²) in [6.07, 6.45) is 0. The van der Waals surface area contributed by atoms with Gasteiger partial charge in [0.1, 0.15) is 15.5 Å². The zero-order valence-corrected chi connectivity index (χ0v) is 16.2. The number of amides is 1. The van der Waals surface area contributed by atoms with Gasteiger partial charge in [-0.2, -0.15) is 0 Å². The average Bonchev–Trinajstić information content (AvgIpc) is 2.96. The first-order valence-electron chi connectivity index (χ1n) is 7.49. The molecule has 2 aromatic carbocycles. The quantitative estimate of drug-likeness (QED) is 0.693. The molecule has 136 valence electrons. The van der Waals surface area contributed by atoms with Gasteiger partial charge >= 0.3 is 0 Å². The largest absolute Gasteiger partial charge is 0.301 e. The topological polar surface area (TPSA) is 76.1 Å². The van der Waals surface area contributed by atoms with Crippen LogP contribution in [0.2, 0.25) is 5.02 Å². The molecule has 26 heavy (non-hydrogen) atoms. The Labute approximate surface area is 158 Å². The fourth-order valence-corrected chi connectivity index (χ4v) is 4.69. The van der Waals surface area contributed by atoms with Crippen molar-refractivity contribution in [2.75, 3.05) is 5.32 Å². The Kier molecular flexibility index (Phi) is 4.76. The lowest BCUT2D eigenvalue weighted by Gasteiger charge is -2.23. The van der Waals surface area contributed by atoms with E-state index in [2.05, 4.69) is 10.3 Å². The molecule has 5 nitrogen and oxygen atoms in total. The molecular formula is C17H14ClFN2O3S2. The number of rotatable bonds is 4. The maximum absolute atomic E-state index is 14.1. The number of carbonyl (C=O) groups is 1. The fourth-order valence-electron chi connectivity index (χ4n) is 2.26. The van der Waals surface area contributed by atoms with Gasteiger partial charge in [-0.25, -0.2) is 17.8 Å². The van der Waals surface area contributed by atoms with Crippen molar-refractivity contribution in [3.63, 3.8) is 0 Å². The smallest absolute Gasteiger partial charge is 0.247 e. The summed E-state index contributed by atoms with van der Waals surface area (Å²) >= 11 is 6.89. The van der Waals surface area contributed by atoms with E-state index in [-0.39, 0.29) is 10.2 Å². The lowest BCUT2D eigenvalue weighted by molar-refractivity contribution is -0.117. The van der Waals surface area contributed by atoms with Gasteiger partial charge in [-0.05, 0) is 44.2 Å². The number of anilines is 1. The van der Waals surface area contributed by atoms with Crippen molar-refractivity contribution >= 4 is 54.0 Å². The van der Waals surface area contributed by atoms with E-state index < -0.39 is 31.2 Å². The first kappa shape index (κ1) is 18.8. The number of aromatic nitrogens is 1. The molecule has 1 aromatic heterocycles. The Morgan fingerprint density at radius 3 is 2.58 bits per heavy atom. The van der Waals surface area contributed by atoms with Crippen LogP contribution in [0.1, 0.15) is 13.8 Å². The van der Waals surface area contributed by atoms with Crippen molar-refractivity contribution in [2.24, 2.45) is 0 Å². The summed E-state index contributed by atoms with van der Waals surface area (Å²) in [5, 5.41) is 2.86. The van der Waals surface area contributed by atoms with Gasteiger partial charge in [0.2, 0.25) is 5.91 Å². The Morgan fingerprint density at radius 2 is 1.92 bits per heavy atom. The molecule has 0 aliphatic heterocycles. The highest BCUT2D eigenvalue weighted by atomic mass is 35.5. The number of nitrogens with zero attached hydrogens (tertiary/aromatic N) is 1. The molecule has 1 amide bonds. The van der Waals surface area contributed by atoms with Gasteiger partial charge in [0.25, 0.3) is 0 Å². The van der Waals surface area contributed by atoms with E-state index in [1.165, 1.54) is 31.3 Å². The highest BCUT2D eigenvalue weighted by molar-refractivity contribution is 7.93. The Hall–Kier alpha value is -2.03. The van der Waals surface area contributed by atoms with Crippen molar-refractivity contribution < 1.29 is 17.6 Å². The van der Waals surface area contributed by atoms with Crippen LogP contribution in [0.5, 0.6) is 0 Å². The van der Waals surface area contributed by atoms with Crippen LogP contribution in [0.25, 0.3) is 10.2 Å². The number of nitrogens with one attached hydrogen (secondary N) is 1. The summed E-state index contributed by atoms with van der Waals surface area (Å²) < 4.78 is 38.7. The van der Waals surface area contributed by atoms with E-state index in [0.29, 0.717) is 5.52 Å². The van der Waals surface area contributed by atoms with Crippen LogP contribution in [0.4, 0.5) is 9.52 Å². The fraction of sp³-hybridized carbons (Fsp3) is 0.176. The number of carbonyl (C=O) groups excluding carboxylic acids is 1. The maximum Gasteiger partial charge on any atom is 0.247 e. The molecule has 0 fully saturated rings. The summed E-state index contributed by atoms with van der Waals surface area (Å²) in [6, 6.07) is 10.5. The summed E-state index contributed by atoms with van der Waals surface area (Å²) in [5.74, 6) is -1.80. The highest BCUT2D eigenvalue weighted by Gasteiger charge is 2.44. The number of hydrogen-bond acceptors (Lipinski definition) is 5. The second kappa shape index (κ2) is 6.61. The van der Waals surface area contributed by atoms with Crippen molar-refractivity contribution in [2.45, 2.75) is 23.5 Å². The van der Waals surface area contributed by atoms with Crippen LogP contribution in [-0.2, 0) is 14.6 Å². The van der Waals surface area contributed by atoms with E-state index in [0.717, 1.165) is 16.8 Å². The number of halogens is 2. The zero-order chi connectivity index (χ0) is 19.1. The number of fused-ring (bicyclic) bond motifs is 1. The summed E-state index contributed by atoms with van der Waals surface area (Å²) in [7, 11) is -4.30. The molecule has 0 saturated carbocycles. The number of sulfone groups is 1. The number of thiazole rings is 1. The molecule has 0 spiro atoms. The molecule has 0 aliphatic carbocycles. The SMILES string of the molecule is CC(C)(C(=O)Nc1nc2ccccc2s1)S(=O)(=O)c1ccc(Cl)cc1F. The third kappa shape index (κ3) is 3.20. The van der Waals surface area contributed by atoms with Crippen LogP contribution in [0.3, 0.4) is 0 Å². The predicted molar refractivity (Wildman–Crippen MR) is 101 cm³/mol. The van der Waals surface area contributed by atoms with Crippen LogP contribution in [0, 0.1) is 5.82 Å². The molecule has 3 aromatic rings. The summed E-state index contributed by atoms with van der Waals surface area (Å²) in [6.45, 7) is 2.44. The Bertz CT molecular complexity index is 1080. The molecule has 1 heterocycles. The second-order valence-corrected chi connectivity index (χ2v) is 9.96. The molecule has 1 N–H and O–H groups in total. The van der Waals surface area contributed by atoms with E-state index in [9.17, 15) is 17.6 Å². The zero-order valence-electron chi connectivity index (χ0n) is 13.8. The minimum atomic E-state index is -4.30. The third-order valence-corrected chi connectivity index (χ3v) is 7.54. The molecule has 3 rings (SSSR count). The lowest BCUT2D eigenvalue weighted by Crippen LogP contribution is -2.44. The van der Waals surface area contributed by atoms with Gasteiger partial charge in [-0.15, -0.1) is 0 Å². The van der Waals surface area contributed by atoms with Crippen LogP contribution in [-0.4, -0.2) is 24.1 Å². The van der Waals surface area contributed by atoms with Gasteiger partial charge in [-0.1, -0.05) is 35.1 Å². The molecule has 9 heteroatoms. The first-order valence-corrected chi connectivity index (χ1v) is 10.2. The van der Waals surface area contributed by atoms with E-state index in [1.807, 2.05) is 18.2 Å². The maximum atomic E-state index is 14.1. The number of benzene rings is 2. The Balaban J connectivity index is 1.93. The van der Waals surface area contributed by atoms with Gasteiger partial charge < -0.3 is 5.32 Å². The van der Waals surface area contributed by atoms with Crippen molar-refractivity contribution in [1.82, 2.24) is 4.98 Å². The molecule has 0 radical (unpaired) electrons. The minimum Gasteiger partial charge on any atom is -0.301 e. The van der Waals surface area contributed by atoms with Crippen molar-refractivity contribution in [3.8, 4) is 0 Å². The van der Waals surface area contributed by atoms with Crippen molar-refractivity contribution in [1.29, 1.82) is 0 Å². The molecule has 0 saturated heterocycles. The normalized spacial score (nSPS) is 12.3. The van der Waals surface area contributed by atoms with Gasteiger partial charge in [0.15, 0.2) is 15.0 Å². The Morgan fingerprint density at radius 1 is 1.23 bits per heavy atom. The van der Waals surface area contributed by atoms with Crippen LogP contribution in [0.15, 0.2) is 47.4 Å². The van der Waals surface area contributed by atoms with Crippen molar-refractivity contribution in [3.05, 3.63) is 53.3 Å². The van der Waals surface area contributed by atoms with E-state index in [4.69, 9.17) is 11.6 Å². The molecule has 0 unspecified atom stereocenters. The van der Waals surface area contributed by atoms with E-state index in [1.54, 1.807) is 6.07 Å². The van der Waals surface area contributed by atoms with Crippen LogP contribution < -0.4 is 5.32 Å². The molecule has 0 bridgehead atoms. The number of hydrogen-bond donors (Lipinski definition) is 1. The predicted octanol–water partition coefficient (Wildman–Crippen LogP) is 4.28. The molecule has 0 atom stereocenters. The lowest BCUT2D eigenvalue weighted by atomic mass is 10.2. The van der Waals surface area contributed by atoms with Gasteiger partial charge in [0.05, 0.1) is 10.2 Å². The van der Waals surface area contributed by atoms with Gasteiger partial charge in [0, 0.05) is 5.02 Å². The number of para-hydroxylation sites is 1. The average molecular weight is 413 g/mol. The summed E-state index contributed by atoms with van der Waals surface area (Å²) in [4.78, 5) is 16.3. The minimum absolute atomic E-state index is 0.0678. The second-order valence-electron chi connectivity index (χ2n) is 6.03. The van der Waals surface area contributed by atoms with Crippen LogP contribution >= 0.6 is 22.9 Å². The third-order valence-electron chi connectivity index (χ3n) is 3.92. The monoisotopic (exact) mass is 412 g/mol. The van der Waals surface area contributed by atoms with E-state index >= 15 is 0 Å². The molecule has 0 aliphatic rings.